The van der Waals surface area contributed by atoms with Crippen LogP contribution in [-0.2, 0) is 4.79 Å². The number of allylic oxidation sites excluding steroid dienone is 1. The Morgan fingerprint density at radius 2 is 2.27 bits per heavy atom. The molecule has 0 atom stereocenters. The molecule has 5 heteroatoms. The minimum absolute atomic E-state index is 0.584. The minimum Gasteiger partial charge on any atom is -0.315 e. The van der Waals surface area contributed by atoms with Crippen molar-refractivity contribution in [1.82, 2.24) is 5.43 Å². The van der Waals surface area contributed by atoms with E-state index in [0.29, 0.717) is 17.0 Å². The second-order valence-electron chi connectivity index (χ2n) is 2.62. The molecule has 78 valence electrons. The summed E-state index contributed by atoms with van der Waals surface area (Å²) >= 11 is 5.82. The first-order valence-corrected chi connectivity index (χ1v) is 4.56. The van der Waals surface area contributed by atoms with Gasteiger partial charge in [-0.15, -0.1) is 0 Å². The van der Waals surface area contributed by atoms with E-state index in [9.17, 15) is 4.79 Å². The summed E-state index contributed by atoms with van der Waals surface area (Å²) in [6, 6.07) is 5.16. The quantitative estimate of drug-likeness (QED) is 0.204. The van der Waals surface area contributed by atoms with E-state index in [4.69, 9.17) is 17.4 Å². The zero-order valence-electron chi connectivity index (χ0n) is 7.85. The van der Waals surface area contributed by atoms with Gasteiger partial charge in [-0.25, -0.2) is 10.8 Å². The highest BCUT2D eigenvalue weighted by molar-refractivity contribution is 6.30. The van der Waals surface area contributed by atoms with Gasteiger partial charge in [-0.05, 0) is 30.4 Å². The van der Waals surface area contributed by atoms with Crippen LogP contribution in [-0.4, -0.2) is 12.6 Å². The molecule has 0 unspecified atom stereocenters. The molecule has 0 spiro atoms. The molecular formula is C10H10ClN3O. The predicted molar refractivity (Wildman–Crippen MR) is 62.0 cm³/mol. The molecule has 0 fully saturated rings. The van der Waals surface area contributed by atoms with Gasteiger partial charge in [0.05, 0.1) is 5.69 Å². The van der Waals surface area contributed by atoms with E-state index in [1.165, 1.54) is 12.4 Å². The fraction of sp³-hybridized carbons (Fsp3) is 0. The maximum absolute atomic E-state index is 10.2. The molecule has 3 N–H and O–H groups in total. The largest absolute Gasteiger partial charge is 0.315 e. The van der Waals surface area contributed by atoms with E-state index in [1.807, 2.05) is 0 Å². The molecule has 0 saturated heterocycles. The van der Waals surface area contributed by atoms with E-state index in [0.717, 1.165) is 5.56 Å². The fourth-order valence-electron chi connectivity index (χ4n) is 1.03. The highest BCUT2D eigenvalue weighted by Crippen LogP contribution is 2.23. The number of aldehydes is 1. The Labute approximate surface area is 92.4 Å². The summed E-state index contributed by atoms with van der Waals surface area (Å²) in [7, 11) is 0. The van der Waals surface area contributed by atoms with Gasteiger partial charge in [0, 0.05) is 10.6 Å². The number of hydrazine groups is 1. The molecule has 1 rings (SSSR count). The Balaban J connectivity index is 3.07. The van der Waals surface area contributed by atoms with Crippen molar-refractivity contribution in [3.05, 3.63) is 34.9 Å². The van der Waals surface area contributed by atoms with Crippen LogP contribution in [0.4, 0.5) is 5.69 Å². The number of nitrogens with two attached hydrogens (primary N) is 1. The SMILES string of the molecule is NNC=Nc1ccc(Cl)cc1/C=C/C=O. The number of hydrogen-bond acceptors (Lipinski definition) is 3. The van der Waals surface area contributed by atoms with Gasteiger partial charge in [-0.2, -0.15) is 0 Å². The first-order valence-electron chi connectivity index (χ1n) is 4.18. The van der Waals surface area contributed by atoms with Crippen molar-refractivity contribution < 1.29 is 4.79 Å². The maximum Gasteiger partial charge on any atom is 0.142 e. The van der Waals surface area contributed by atoms with Gasteiger partial charge in [0.2, 0.25) is 0 Å². The van der Waals surface area contributed by atoms with Crippen molar-refractivity contribution >= 4 is 36.0 Å². The zero-order valence-corrected chi connectivity index (χ0v) is 8.61. The van der Waals surface area contributed by atoms with E-state index in [1.54, 1.807) is 24.3 Å². The number of carbonyl (C=O) groups is 1. The van der Waals surface area contributed by atoms with Crippen molar-refractivity contribution in [2.75, 3.05) is 0 Å². The van der Waals surface area contributed by atoms with Gasteiger partial charge >= 0.3 is 0 Å². The minimum atomic E-state index is 0.584. The third-order valence-corrected chi connectivity index (χ3v) is 1.86. The maximum atomic E-state index is 10.2. The second-order valence-corrected chi connectivity index (χ2v) is 3.06. The lowest BCUT2D eigenvalue weighted by molar-refractivity contribution is -0.104. The molecule has 0 aromatic heterocycles. The summed E-state index contributed by atoms with van der Waals surface area (Å²) < 4.78 is 0. The lowest BCUT2D eigenvalue weighted by Crippen LogP contribution is -2.18. The van der Waals surface area contributed by atoms with Crippen LogP contribution in [0.1, 0.15) is 5.56 Å². The third-order valence-electron chi connectivity index (χ3n) is 1.62. The molecule has 4 nitrogen and oxygen atoms in total. The molecule has 0 bridgehead atoms. The number of benzene rings is 1. The Morgan fingerprint density at radius 1 is 1.47 bits per heavy atom. The van der Waals surface area contributed by atoms with Crippen LogP contribution in [0.15, 0.2) is 29.3 Å². The first kappa shape index (κ1) is 11.4. The topological polar surface area (TPSA) is 67.5 Å². The van der Waals surface area contributed by atoms with Crippen molar-refractivity contribution in [2.45, 2.75) is 0 Å². The van der Waals surface area contributed by atoms with Crippen LogP contribution in [0, 0.1) is 0 Å². The average Bonchev–Trinajstić information content (AvgIpc) is 2.25. The molecule has 0 aliphatic rings. The number of nitrogens with zero attached hydrogens (tertiary/aromatic N) is 1. The number of aliphatic imine (C=N–C) groups is 1. The fourth-order valence-corrected chi connectivity index (χ4v) is 1.21. The van der Waals surface area contributed by atoms with Gasteiger partial charge in [-0.3, -0.25) is 4.79 Å². The van der Waals surface area contributed by atoms with E-state index >= 15 is 0 Å². The van der Waals surface area contributed by atoms with Crippen LogP contribution in [0.2, 0.25) is 5.02 Å². The third kappa shape index (κ3) is 3.53. The molecule has 15 heavy (non-hydrogen) atoms. The van der Waals surface area contributed by atoms with Gasteiger partial charge in [0.1, 0.15) is 12.6 Å². The van der Waals surface area contributed by atoms with Crippen molar-refractivity contribution in [3.63, 3.8) is 0 Å². The number of nitrogens with one attached hydrogen (secondary N) is 1. The molecule has 0 aliphatic carbocycles. The van der Waals surface area contributed by atoms with Gasteiger partial charge in [-0.1, -0.05) is 11.6 Å². The summed E-state index contributed by atoms with van der Waals surface area (Å²) in [4.78, 5) is 14.2. The number of rotatable bonds is 4. The molecule has 0 aliphatic heterocycles. The normalized spacial score (nSPS) is 11.1. The Hall–Kier alpha value is -1.65. The average molecular weight is 224 g/mol. The summed E-state index contributed by atoms with van der Waals surface area (Å²) in [6.07, 6.45) is 5.04. The van der Waals surface area contributed by atoms with Crippen LogP contribution >= 0.6 is 11.6 Å². The Bertz CT molecular complexity index is 402. The Morgan fingerprint density at radius 3 is 2.93 bits per heavy atom. The predicted octanol–water partition coefficient (Wildman–Crippen LogP) is 1.68. The van der Waals surface area contributed by atoms with E-state index in [2.05, 4.69) is 10.4 Å². The summed E-state index contributed by atoms with van der Waals surface area (Å²) in [5, 5.41) is 0.584. The van der Waals surface area contributed by atoms with Crippen LogP contribution in [0.3, 0.4) is 0 Å². The lowest BCUT2D eigenvalue weighted by atomic mass is 10.1. The number of hydrogen-bond donors (Lipinski definition) is 2. The van der Waals surface area contributed by atoms with Crippen LogP contribution in [0.5, 0.6) is 0 Å². The molecule has 0 saturated carbocycles. The van der Waals surface area contributed by atoms with Gasteiger partial charge in [0.25, 0.3) is 0 Å². The Kier molecular flexibility index (Phi) is 4.53. The number of halogens is 1. The molecule has 0 heterocycles. The second kappa shape index (κ2) is 5.95. The molecule has 1 aromatic carbocycles. The lowest BCUT2D eigenvalue weighted by Gasteiger charge is -2.00. The summed E-state index contributed by atoms with van der Waals surface area (Å²) in [5.74, 6) is 5.06. The van der Waals surface area contributed by atoms with Crippen molar-refractivity contribution in [1.29, 1.82) is 0 Å². The van der Waals surface area contributed by atoms with E-state index in [-0.39, 0.29) is 0 Å². The smallest absolute Gasteiger partial charge is 0.142 e. The standard InChI is InChI=1S/C10H10ClN3O/c11-9-3-4-10(13-7-14-12)8(6-9)2-1-5-15/h1-7H,12H2,(H,13,14)/b2-1+. The molecular weight excluding hydrogens is 214 g/mol. The van der Waals surface area contributed by atoms with Gasteiger partial charge < -0.3 is 5.43 Å². The summed E-state index contributed by atoms with van der Waals surface area (Å²) in [5.41, 5.74) is 3.72. The zero-order chi connectivity index (χ0) is 11.1. The highest BCUT2D eigenvalue weighted by Gasteiger charge is 1.98. The van der Waals surface area contributed by atoms with Crippen molar-refractivity contribution in [2.24, 2.45) is 10.8 Å². The van der Waals surface area contributed by atoms with Crippen molar-refractivity contribution in [3.8, 4) is 0 Å². The number of carbonyl (C=O) groups excluding carboxylic acids is 1. The molecule has 0 radical (unpaired) electrons. The van der Waals surface area contributed by atoms with Gasteiger partial charge in [0.15, 0.2) is 0 Å². The monoisotopic (exact) mass is 223 g/mol. The van der Waals surface area contributed by atoms with Crippen LogP contribution in [0.25, 0.3) is 6.08 Å². The molecule has 1 aromatic rings. The first-order chi connectivity index (χ1) is 7.27. The summed E-state index contributed by atoms with van der Waals surface area (Å²) in [6.45, 7) is 0. The van der Waals surface area contributed by atoms with Crippen LogP contribution < -0.4 is 11.3 Å². The highest BCUT2D eigenvalue weighted by atomic mass is 35.5. The van der Waals surface area contributed by atoms with E-state index < -0.39 is 0 Å². The molecule has 0 amide bonds.